The molecule has 90 valence electrons. The molecule has 1 aliphatic rings. The van der Waals surface area contributed by atoms with Crippen molar-refractivity contribution in [2.24, 2.45) is 11.1 Å². The minimum Gasteiger partial charge on any atom is -0.383 e. The summed E-state index contributed by atoms with van der Waals surface area (Å²) in [5.41, 5.74) is 6.15. The Hall–Kier alpha value is -0.940. The second kappa shape index (κ2) is 4.14. The Morgan fingerprint density at radius 1 is 1.62 bits per heavy atom. The Kier molecular flexibility index (Phi) is 2.99. The van der Waals surface area contributed by atoms with E-state index in [2.05, 4.69) is 24.0 Å². The Bertz CT molecular complexity index is 362. The lowest BCUT2D eigenvalue weighted by molar-refractivity contribution is 0.176. The Balaban J connectivity index is 1.93. The summed E-state index contributed by atoms with van der Waals surface area (Å²) in [6, 6.07) is -0.0782. The van der Waals surface area contributed by atoms with Crippen molar-refractivity contribution in [3.8, 4) is 0 Å². The van der Waals surface area contributed by atoms with E-state index in [0.29, 0.717) is 30.3 Å². The lowest BCUT2D eigenvalue weighted by Gasteiger charge is -2.05. The number of nitrogens with two attached hydrogens (primary N) is 1. The molecule has 2 atom stereocenters. The molecule has 0 aromatic carbocycles. The molecule has 1 aromatic heterocycles. The second-order valence-electron chi connectivity index (χ2n) is 5.21. The summed E-state index contributed by atoms with van der Waals surface area (Å²) in [4.78, 5) is 4.38. The predicted molar refractivity (Wildman–Crippen MR) is 59.0 cm³/mol. The van der Waals surface area contributed by atoms with Crippen LogP contribution in [-0.4, -0.2) is 29.9 Å². The first-order valence-electron chi connectivity index (χ1n) is 5.60. The highest BCUT2D eigenvalue weighted by atomic mass is 16.5. The van der Waals surface area contributed by atoms with Crippen LogP contribution in [0.25, 0.3) is 0 Å². The quantitative estimate of drug-likeness (QED) is 0.812. The number of hydrogen-bond donors (Lipinski definition) is 1. The van der Waals surface area contributed by atoms with Gasteiger partial charge in [-0.15, -0.1) is 0 Å². The average Bonchev–Trinajstić information content (AvgIpc) is 2.63. The fraction of sp³-hybridized carbons (Fsp3) is 0.818. The molecule has 1 saturated carbocycles. The van der Waals surface area contributed by atoms with Gasteiger partial charge < -0.3 is 15.0 Å². The van der Waals surface area contributed by atoms with Crippen LogP contribution in [0.3, 0.4) is 0 Å². The summed E-state index contributed by atoms with van der Waals surface area (Å²) in [5.74, 6) is 1.88. The van der Waals surface area contributed by atoms with Gasteiger partial charge in [0.15, 0.2) is 5.82 Å². The van der Waals surface area contributed by atoms with Gasteiger partial charge in [0.2, 0.25) is 5.89 Å². The van der Waals surface area contributed by atoms with Crippen molar-refractivity contribution < 1.29 is 9.26 Å². The largest absolute Gasteiger partial charge is 0.383 e. The number of aromatic nitrogens is 2. The fourth-order valence-electron chi connectivity index (χ4n) is 1.90. The van der Waals surface area contributed by atoms with Crippen molar-refractivity contribution in [2.45, 2.75) is 38.6 Å². The molecule has 1 aliphatic carbocycles. The summed E-state index contributed by atoms with van der Waals surface area (Å²) >= 11 is 0. The van der Waals surface area contributed by atoms with Gasteiger partial charge in [0, 0.05) is 25.5 Å². The maximum absolute atomic E-state index is 5.82. The standard InChI is InChI=1S/C11H19N3O2/c1-11(2)5-8(11)10-13-9(16-14-10)4-7(12)6-15-3/h7-8H,4-6,12H2,1-3H3. The molecular weight excluding hydrogens is 206 g/mol. The molecule has 0 spiro atoms. The number of nitrogens with zero attached hydrogens (tertiary/aromatic N) is 2. The molecule has 1 heterocycles. The van der Waals surface area contributed by atoms with E-state index in [1.54, 1.807) is 7.11 Å². The molecule has 0 amide bonds. The SMILES string of the molecule is COCC(N)Cc1nc(C2CC2(C)C)no1. The van der Waals surface area contributed by atoms with Gasteiger partial charge in [-0.05, 0) is 11.8 Å². The third-order valence-electron chi connectivity index (χ3n) is 3.13. The summed E-state index contributed by atoms with van der Waals surface area (Å²) in [6.07, 6.45) is 1.71. The summed E-state index contributed by atoms with van der Waals surface area (Å²) in [6.45, 7) is 4.93. The highest BCUT2D eigenvalue weighted by Gasteiger charge is 2.49. The van der Waals surface area contributed by atoms with Crippen LogP contribution in [0.1, 0.15) is 37.9 Å². The normalized spacial score (nSPS) is 24.4. The van der Waals surface area contributed by atoms with Gasteiger partial charge >= 0.3 is 0 Å². The molecule has 16 heavy (non-hydrogen) atoms. The first kappa shape index (κ1) is 11.5. The molecular formula is C11H19N3O2. The minimum atomic E-state index is -0.0782. The average molecular weight is 225 g/mol. The van der Waals surface area contributed by atoms with E-state index in [9.17, 15) is 0 Å². The highest BCUT2D eigenvalue weighted by Crippen LogP contribution is 2.57. The predicted octanol–water partition coefficient (Wildman–Crippen LogP) is 1.10. The van der Waals surface area contributed by atoms with Gasteiger partial charge in [0.1, 0.15) is 0 Å². The van der Waals surface area contributed by atoms with Crippen LogP contribution >= 0.6 is 0 Å². The van der Waals surface area contributed by atoms with Crippen LogP contribution < -0.4 is 5.73 Å². The number of ether oxygens (including phenoxy) is 1. The topological polar surface area (TPSA) is 74.2 Å². The summed E-state index contributed by atoms with van der Waals surface area (Å²) in [5, 5.41) is 4.00. The van der Waals surface area contributed by atoms with Gasteiger partial charge in [-0.3, -0.25) is 0 Å². The van der Waals surface area contributed by atoms with Crippen molar-refractivity contribution in [1.82, 2.24) is 10.1 Å². The van der Waals surface area contributed by atoms with Crippen molar-refractivity contribution in [1.29, 1.82) is 0 Å². The summed E-state index contributed by atoms with van der Waals surface area (Å²) in [7, 11) is 1.63. The van der Waals surface area contributed by atoms with E-state index >= 15 is 0 Å². The van der Waals surface area contributed by atoms with E-state index < -0.39 is 0 Å². The molecule has 1 aromatic rings. The van der Waals surface area contributed by atoms with Gasteiger partial charge in [-0.2, -0.15) is 4.98 Å². The zero-order chi connectivity index (χ0) is 11.8. The molecule has 2 rings (SSSR count). The smallest absolute Gasteiger partial charge is 0.228 e. The fourth-order valence-corrected chi connectivity index (χ4v) is 1.90. The lowest BCUT2D eigenvalue weighted by Crippen LogP contribution is -2.28. The van der Waals surface area contributed by atoms with Crippen molar-refractivity contribution in [3.63, 3.8) is 0 Å². The van der Waals surface area contributed by atoms with E-state index in [1.807, 2.05) is 0 Å². The minimum absolute atomic E-state index is 0.0782. The maximum atomic E-state index is 5.82. The van der Waals surface area contributed by atoms with Crippen molar-refractivity contribution >= 4 is 0 Å². The van der Waals surface area contributed by atoms with E-state index in [4.69, 9.17) is 15.0 Å². The Labute approximate surface area is 95.3 Å². The number of methoxy groups -OCH3 is 1. The molecule has 2 N–H and O–H groups in total. The second-order valence-corrected chi connectivity index (χ2v) is 5.21. The van der Waals surface area contributed by atoms with Gasteiger partial charge in [0.25, 0.3) is 0 Å². The molecule has 5 heteroatoms. The Morgan fingerprint density at radius 2 is 2.31 bits per heavy atom. The first-order valence-corrected chi connectivity index (χ1v) is 5.60. The van der Waals surface area contributed by atoms with Crippen LogP contribution in [0.5, 0.6) is 0 Å². The molecule has 1 fully saturated rings. The first-order chi connectivity index (χ1) is 7.53. The molecule has 5 nitrogen and oxygen atoms in total. The third-order valence-corrected chi connectivity index (χ3v) is 3.13. The highest BCUT2D eigenvalue weighted by molar-refractivity contribution is 5.14. The van der Waals surface area contributed by atoms with Crippen LogP contribution in [0.4, 0.5) is 0 Å². The van der Waals surface area contributed by atoms with Gasteiger partial charge in [0.05, 0.1) is 6.61 Å². The molecule has 2 unspecified atom stereocenters. The van der Waals surface area contributed by atoms with E-state index in [0.717, 1.165) is 12.2 Å². The molecule has 0 saturated heterocycles. The van der Waals surface area contributed by atoms with Crippen LogP contribution in [-0.2, 0) is 11.2 Å². The van der Waals surface area contributed by atoms with Crippen LogP contribution in [0, 0.1) is 5.41 Å². The van der Waals surface area contributed by atoms with Crippen LogP contribution in [0.2, 0.25) is 0 Å². The van der Waals surface area contributed by atoms with E-state index in [1.165, 1.54) is 0 Å². The summed E-state index contributed by atoms with van der Waals surface area (Å²) < 4.78 is 10.1. The zero-order valence-corrected chi connectivity index (χ0v) is 10.1. The van der Waals surface area contributed by atoms with Crippen molar-refractivity contribution in [3.05, 3.63) is 11.7 Å². The van der Waals surface area contributed by atoms with E-state index in [-0.39, 0.29) is 6.04 Å². The maximum Gasteiger partial charge on any atom is 0.228 e. The molecule has 0 aliphatic heterocycles. The monoisotopic (exact) mass is 225 g/mol. The Morgan fingerprint density at radius 3 is 2.88 bits per heavy atom. The number of rotatable bonds is 5. The van der Waals surface area contributed by atoms with Crippen LogP contribution in [0.15, 0.2) is 4.52 Å². The zero-order valence-electron chi connectivity index (χ0n) is 10.1. The van der Waals surface area contributed by atoms with Gasteiger partial charge in [-0.25, -0.2) is 0 Å². The van der Waals surface area contributed by atoms with Gasteiger partial charge in [-0.1, -0.05) is 19.0 Å². The van der Waals surface area contributed by atoms with Crippen molar-refractivity contribution in [2.75, 3.05) is 13.7 Å². The molecule has 0 bridgehead atoms. The lowest BCUT2D eigenvalue weighted by atomic mass is 10.1. The number of hydrogen-bond acceptors (Lipinski definition) is 5. The molecule has 0 radical (unpaired) electrons. The third kappa shape index (κ3) is 2.41.